The molecular weight excluding hydrogens is 234 g/mol. The van der Waals surface area contributed by atoms with Crippen LogP contribution in [0.25, 0.3) is 0 Å². The molecule has 1 fully saturated rings. The maximum atomic E-state index is 12.4. The molecule has 0 radical (unpaired) electrons. The van der Waals surface area contributed by atoms with Crippen molar-refractivity contribution in [3.8, 4) is 0 Å². The summed E-state index contributed by atoms with van der Waals surface area (Å²) in [5, 5.41) is 0. The second kappa shape index (κ2) is 5.87. The highest BCUT2D eigenvalue weighted by Gasteiger charge is 2.35. The van der Waals surface area contributed by atoms with Gasteiger partial charge in [0.2, 0.25) is 0 Å². The van der Waals surface area contributed by atoms with Gasteiger partial charge in [-0.3, -0.25) is 9.69 Å². The molecule has 2 rings (SSSR count). The van der Waals surface area contributed by atoms with Crippen LogP contribution in [-0.2, 0) is 0 Å². The minimum Gasteiger partial charge on any atom is -0.295 e. The minimum absolute atomic E-state index is 0.265. The third-order valence-corrected chi connectivity index (χ3v) is 4.83. The van der Waals surface area contributed by atoms with Crippen molar-refractivity contribution in [1.82, 2.24) is 4.90 Å². The Bertz CT molecular complexity index is 448. The van der Waals surface area contributed by atoms with Crippen molar-refractivity contribution in [2.24, 2.45) is 5.41 Å². The Morgan fingerprint density at radius 2 is 1.95 bits per heavy atom. The van der Waals surface area contributed by atoms with Gasteiger partial charge in [0.25, 0.3) is 0 Å². The summed E-state index contributed by atoms with van der Waals surface area (Å²) in [4.78, 5) is 14.7. The lowest BCUT2D eigenvalue weighted by Gasteiger charge is -2.26. The number of benzene rings is 1. The number of nitrogens with zero attached hydrogens (tertiary/aromatic N) is 1. The number of hydrogen-bond acceptors (Lipinski definition) is 2. The normalized spacial score (nSPS) is 18.7. The van der Waals surface area contributed by atoms with Crippen LogP contribution in [0.1, 0.15) is 49.0 Å². The first-order valence-corrected chi connectivity index (χ1v) is 7.41. The summed E-state index contributed by atoms with van der Waals surface area (Å²) < 4.78 is 0. The lowest BCUT2D eigenvalue weighted by atomic mass is 9.82. The monoisotopic (exact) mass is 259 g/mol. The van der Waals surface area contributed by atoms with Crippen LogP contribution in [0.2, 0.25) is 0 Å². The summed E-state index contributed by atoms with van der Waals surface area (Å²) in [6.45, 7) is 9.29. The van der Waals surface area contributed by atoms with Crippen LogP contribution in [-0.4, -0.2) is 30.3 Å². The standard InChI is InChI=1S/C17H25NO/c1-4-17(5-2)10-11-18(13-17)12-16(19)15-9-7-6-8-14(15)3/h6-9H,4-5,10-13H2,1-3H3. The van der Waals surface area contributed by atoms with Crippen LogP contribution >= 0.6 is 0 Å². The Morgan fingerprint density at radius 3 is 2.53 bits per heavy atom. The zero-order valence-corrected chi connectivity index (χ0v) is 12.4. The summed E-state index contributed by atoms with van der Waals surface area (Å²) in [7, 11) is 0. The second-order valence-electron chi connectivity index (χ2n) is 5.91. The SMILES string of the molecule is CCC1(CC)CCN(CC(=O)c2ccccc2C)C1. The molecule has 0 aromatic heterocycles. The number of ketones is 1. The van der Waals surface area contributed by atoms with Gasteiger partial charge in [-0.15, -0.1) is 0 Å². The van der Waals surface area contributed by atoms with Gasteiger partial charge in [0, 0.05) is 12.1 Å². The van der Waals surface area contributed by atoms with E-state index in [0.29, 0.717) is 12.0 Å². The molecule has 0 spiro atoms. The first kappa shape index (κ1) is 14.3. The van der Waals surface area contributed by atoms with E-state index < -0.39 is 0 Å². The Kier molecular flexibility index (Phi) is 4.41. The Labute approximate surface area is 116 Å². The number of rotatable bonds is 5. The van der Waals surface area contributed by atoms with Crippen LogP contribution < -0.4 is 0 Å². The van der Waals surface area contributed by atoms with Crippen LogP contribution in [0.15, 0.2) is 24.3 Å². The first-order valence-electron chi connectivity index (χ1n) is 7.41. The molecule has 0 unspecified atom stereocenters. The van der Waals surface area contributed by atoms with Crippen LogP contribution in [0.3, 0.4) is 0 Å². The molecule has 1 aromatic rings. The third-order valence-electron chi connectivity index (χ3n) is 4.83. The Hall–Kier alpha value is -1.15. The smallest absolute Gasteiger partial charge is 0.177 e. The van der Waals surface area contributed by atoms with Crippen molar-refractivity contribution < 1.29 is 4.79 Å². The van der Waals surface area contributed by atoms with Crippen molar-refractivity contribution in [1.29, 1.82) is 0 Å². The van der Waals surface area contributed by atoms with E-state index in [1.165, 1.54) is 19.3 Å². The Morgan fingerprint density at radius 1 is 1.26 bits per heavy atom. The van der Waals surface area contributed by atoms with E-state index in [1.807, 2.05) is 31.2 Å². The van der Waals surface area contributed by atoms with Gasteiger partial charge in [-0.1, -0.05) is 38.1 Å². The third kappa shape index (κ3) is 3.06. The number of likely N-dealkylation sites (tertiary alicyclic amines) is 1. The molecule has 1 heterocycles. The molecule has 0 N–H and O–H groups in total. The van der Waals surface area contributed by atoms with E-state index in [4.69, 9.17) is 0 Å². The number of carbonyl (C=O) groups excluding carboxylic acids is 1. The summed E-state index contributed by atoms with van der Waals surface area (Å²) in [5.74, 6) is 0.265. The fraction of sp³-hybridized carbons (Fsp3) is 0.588. The van der Waals surface area contributed by atoms with Crippen molar-refractivity contribution in [3.63, 3.8) is 0 Å². The van der Waals surface area contributed by atoms with Gasteiger partial charge < -0.3 is 0 Å². The molecule has 0 bridgehead atoms. The quantitative estimate of drug-likeness (QED) is 0.752. The number of carbonyl (C=O) groups is 1. The first-order chi connectivity index (χ1) is 9.10. The largest absolute Gasteiger partial charge is 0.295 e. The van der Waals surface area contributed by atoms with E-state index in [-0.39, 0.29) is 5.78 Å². The van der Waals surface area contributed by atoms with Gasteiger partial charge in [-0.05, 0) is 43.7 Å². The van der Waals surface area contributed by atoms with Gasteiger partial charge in [-0.2, -0.15) is 0 Å². The molecular formula is C17H25NO. The molecule has 2 heteroatoms. The molecule has 1 aliphatic heterocycles. The van der Waals surface area contributed by atoms with Crippen molar-refractivity contribution >= 4 is 5.78 Å². The molecule has 1 saturated heterocycles. The highest BCUT2D eigenvalue weighted by atomic mass is 16.1. The van der Waals surface area contributed by atoms with Gasteiger partial charge in [0.05, 0.1) is 6.54 Å². The zero-order valence-electron chi connectivity index (χ0n) is 12.4. The van der Waals surface area contributed by atoms with Gasteiger partial charge in [0.1, 0.15) is 0 Å². The average Bonchev–Trinajstić information content (AvgIpc) is 2.83. The van der Waals surface area contributed by atoms with Crippen molar-refractivity contribution in [2.45, 2.75) is 40.0 Å². The fourth-order valence-electron chi connectivity index (χ4n) is 3.16. The van der Waals surface area contributed by atoms with E-state index >= 15 is 0 Å². The molecule has 2 nitrogen and oxygen atoms in total. The predicted octanol–water partition coefficient (Wildman–Crippen LogP) is 3.69. The van der Waals surface area contributed by atoms with E-state index in [1.54, 1.807) is 0 Å². The molecule has 1 aliphatic rings. The lowest BCUT2D eigenvalue weighted by Crippen LogP contribution is -2.31. The second-order valence-corrected chi connectivity index (χ2v) is 5.91. The van der Waals surface area contributed by atoms with Gasteiger partial charge in [0.15, 0.2) is 5.78 Å². The molecule has 1 aromatic carbocycles. The van der Waals surface area contributed by atoms with Crippen molar-refractivity contribution in [3.05, 3.63) is 35.4 Å². The Balaban J connectivity index is 2.00. The van der Waals surface area contributed by atoms with Crippen molar-refractivity contribution in [2.75, 3.05) is 19.6 Å². The molecule has 104 valence electrons. The summed E-state index contributed by atoms with van der Waals surface area (Å²) >= 11 is 0. The van der Waals surface area contributed by atoms with E-state index in [0.717, 1.165) is 24.2 Å². The topological polar surface area (TPSA) is 20.3 Å². The lowest BCUT2D eigenvalue weighted by molar-refractivity contribution is 0.0936. The van der Waals surface area contributed by atoms with Gasteiger partial charge >= 0.3 is 0 Å². The number of aryl methyl sites for hydroxylation is 1. The molecule has 0 atom stereocenters. The summed E-state index contributed by atoms with van der Waals surface area (Å²) in [6.07, 6.45) is 3.68. The summed E-state index contributed by atoms with van der Waals surface area (Å²) in [5.41, 5.74) is 2.42. The highest BCUT2D eigenvalue weighted by Crippen LogP contribution is 2.36. The van der Waals surface area contributed by atoms with Crippen LogP contribution in [0, 0.1) is 12.3 Å². The van der Waals surface area contributed by atoms with Crippen LogP contribution in [0.5, 0.6) is 0 Å². The fourth-order valence-corrected chi connectivity index (χ4v) is 3.16. The zero-order chi connectivity index (χ0) is 13.9. The summed E-state index contributed by atoms with van der Waals surface area (Å²) in [6, 6.07) is 7.90. The minimum atomic E-state index is 0.265. The number of Topliss-reactive ketones (excluding diaryl/α,β-unsaturated/α-hetero) is 1. The van der Waals surface area contributed by atoms with E-state index in [2.05, 4.69) is 18.7 Å². The molecule has 0 aliphatic carbocycles. The highest BCUT2D eigenvalue weighted by molar-refractivity contribution is 5.98. The van der Waals surface area contributed by atoms with E-state index in [9.17, 15) is 4.79 Å². The van der Waals surface area contributed by atoms with Gasteiger partial charge in [-0.25, -0.2) is 0 Å². The maximum absolute atomic E-state index is 12.4. The average molecular weight is 259 g/mol. The number of hydrogen-bond donors (Lipinski definition) is 0. The van der Waals surface area contributed by atoms with Crippen LogP contribution in [0.4, 0.5) is 0 Å². The maximum Gasteiger partial charge on any atom is 0.177 e. The molecule has 0 amide bonds. The predicted molar refractivity (Wildman–Crippen MR) is 79.6 cm³/mol. The molecule has 19 heavy (non-hydrogen) atoms. The molecule has 0 saturated carbocycles.